The minimum absolute atomic E-state index is 0.340. The lowest BCUT2D eigenvalue weighted by atomic mass is 10.2. The SMILES string of the molecule is CC(C)NC(C)c1ccc(C#N)s1. The highest BCUT2D eigenvalue weighted by atomic mass is 32.1. The Balaban J connectivity index is 2.67. The van der Waals surface area contributed by atoms with Gasteiger partial charge in [0, 0.05) is 17.0 Å². The molecule has 0 saturated carbocycles. The standard InChI is InChI=1S/C10H14N2S/c1-7(2)12-8(3)10-5-4-9(6-11)13-10/h4-5,7-8,12H,1-3H3. The summed E-state index contributed by atoms with van der Waals surface area (Å²) in [5.74, 6) is 0. The predicted molar refractivity (Wildman–Crippen MR) is 55.7 cm³/mol. The van der Waals surface area contributed by atoms with E-state index in [-0.39, 0.29) is 0 Å². The van der Waals surface area contributed by atoms with Gasteiger partial charge in [0.25, 0.3) is 0 Å². The second kappa shape index (κ2) is 4.40. The van der Waals surface area contributed by atoms with Crippen LogP contribution in [0.15, 0.2) is 12.1 Å². The first kappa shape index (κ1) is 10.2. The van der Waals surface area contributed by atoms with E-state index in [4.69, 9.17) is 5.26 Å². The number of rotatable bonds is 3. The summed E-state index contributed by atoms with van der Waals surface area (Å²) in [7, 11) is 0. The Bertz CT molecular complexity index is 309. The van der Waals surface area contributed by atoms with Gasteiger partial charge in [-0.25, -0.2) is 0 Å². The van der Waals surface area contributed by atoms with Crippen LogP contribution in [-0.4, -0.2) is 6.04 Å². The zero-order valence-electron chi connectivity index (χ0n) is 8.16. The van der Waals surface area contributed by atoms with Crippen LogP contribution in [0, 0.1) is 11.3 Å². The molecule has 0 aliphatic heterocycles. The van der Waals surface area contributed by atoms with E-state index in [1.807, 2.05) is 12.1 Å². The largest absolute Gasteiger partial charge is 0.307 e. The molecule has 1 heterocycles. The van der Waals surface area contributed by atoms with E-state index in [9.17, 15) is 0 Å². The Kier molecular flexibility index (Phi) is 3.47. The lowest BCUT2D eigenvalue weighted by Crippen LogP contribution is -2.25. The second-order valence-electron chi connectivity index (χ2n) is 3.36. The first-order valence-corrected chi connectivity index (χ1v) is 5.21. The van der Waals surface area contributed by atoms with Crippen molar-refractivity contribution in [2.75, 3.05) is 0 Å². The third kappa shape index (κ3) is 2.83. The van der Waals surface area contributed by atoms with Gasteiger partial charge in [0.15, 0.2) is 0 Å². The molecule has 1 atom stereocenters. The summed E-state index contributed by atoms with van der Waals surface area (Å²) in [4.78, 5) is 2.01. The van der Waals surface area contributed by atoms with Gasteiger partial charge in [-0.1, -0.05) is 13.8 Å². The van der Waals surface area contributed by atoms with Crippen molar-refractivity contribution in [3.63, 3.8) is 0 Å². The minimum Gasteiger partial charge on any atom is -0.307 e. The van der Waals surface area contributed by atoms with Crippen molar-refractivity contribution in [1.29, 1.82) is 5.26 Å². The van der Waals surface area contributed by atoms with E-state index >= 15 is 0 Å². The molecule has 0 amide bonds. The van der Waals surface area contributed by atoms with Crippen molar-refractivity contribution in [1.82, 2.24) is 5.32 Å². The molecular weight excluding hydrogens is 180 g/mol. The molecule has 0 fully saturated rings. The normalized spacial score (nSPS) is 12.8. The maximum atomic E-state index is 8.65. The fourth-order valence-electron chi connectivity index (χ4n) is 1.23. The van der Waals surface area contributed by atoms with Crippen LogP contribution in [0.4, 0.5) is 0 Å². The molecule has 0 radical (unpaired) electrons. The number of nitrogens with zero attached hydrogens (tertiary/aromatic N) is 1. The molecule has 0 spiro atoms. The van der Waals surface area contributed by atoms with Crippen molar-refractivity contribution in [3.05, 3.63) is 21.9 Å². The van der Waals surface area contributed by atoms with E-state index in [1.54, 1.807) is 11.3 Å². The highest BCUT2D eigenvalue weighted by Crippen LogP contribution is 2.22. The van der Waals surface area contributed by atoms with Crippen molar-refractivity contribution in [2.24, 2.45) is 0 Å². The van der Waals surface area contributed by atoms with Crippen LogP contribution in [0.3, 0.4) is 0 Å². The van der Waals surface area contributed by atoms with E-state index in [2.05, 4.69) is 32.2 Å². The van der Waals surface area contributed by atoms with Crippen molar-refractivity contribution in [3.8, 4) is 6.07 Å². The molecule has 0 aliphatic rings. The average Bonchev–Trinajstić information content (AvgIpc) is 2.50. The smallest absolute Gasteiger partial charge is 0.110 e. The number of nitrogens with one attached hydrogen (secondary N) is 1. The van der Waals surface area contributed by atoms with Crippen molar-refractivity contribution in [2.45, 2.75) is 32.9 Å². The third-order valence-corrected chi connectivity index (χ3v) is 2.92. The van der Waals surface area contributed by atoms with Gasteiger partial charge in [-0.15, -0.1) is 11.3 Å². The summed E-state index contributed by atoms with van der Waals surface area (Å²) in [6.07, 6.45) is 0. The van der Waals surface area contributed by atoms with Crippen molar-refractivity contribution >= 4 is 11.3 Å². The van der Waals surface area contributed by atoms with Crippen LogP contribution in [0.1, 0.15) is 36.6 Å². The zero-order valence-corrected chi connectivity index (χ0v) is 8.98. The maximum Gasteiger partial charge on any atom is 0.110 e. The van der Waals surface area contributed by atoms with Crippen LogP contribution in [0.5, 0.6) is 0 Å². The Morgan fingerprint density at radius 2 is 2.08 bits per heavy atom. The summed E-state index contributed by atoms with van der Waals surface area (Å²) in [5, 5.41) is 12.1. The zero-order chi connectivity index (χ0) is 9.84. The van der Waals surface area contributed by atoms with Gasteiger partial charge in [-0.05, 0) is 19.1 Å². The van der Waals surface area contributed by atoms with Crippen LogP contribution in [0.2, 0.25) is 0 Å². The second-order valence-corrected chi connectivity index (χ2v) is 4.47. The average molecular weight is 194 g/mol. The highest BCUT2D eigenvalue weighted by molar-refractivity contribution is 7.12. The Morgan fingerprint density at radius 1 is 1.38 bits per heavy atom. The topological polar surface area (TPSA) is 35.8 Å². The summed E-state index contributed by atoms with van der Waals surface area (Å²) >= 11 is 1.56. The molecule has 1 N–H and O–H groups in total. The molecule has 0 bridgehead atoms. The van der Waals surface area contributed by atoms with Gasteiger partial charge in [-0.2, -0.15) is 5.26 Å². The monoisotopic (exact) mass is 194 g/mol. The Hall–Kier alpha value is -0.850. The van der Waals surface area contributed by atoms with E-state index < -0.39 is 0 Å². The van der Waals surface area contributed by atoms with Gasteiger partial charge >= 0.3 is 0 Å². The number of nitriles is 1. The number of thiophene rings is 1. The van der Waals surface area contributed by atoms with Gasteiger partial charge in [0.05, 0.1) is 0 Å². The molecule has 1 rings (SSSR count). The van der Waals surface area contributed by atoms with Crippen LogP contribution < -0.4 is 5.32 Å². The van der Waals surface area contributed by atoms with Crippen LogP contribution in [0.25, 0.3) is 0 Å². The van der Waals surface area contributed by atoms with Crippen LogP contribution in [-0.2, 0) is 0 Å². The summed E-state index contributed by atoms with van der Waals surface area (Å²) in [6, 6.07) is 6.85. The third-order valence-electron chi connectivity index (χ3n) is 1.75. The summed E-state index contributed by atoms with van der Waals surface area (Å²) in [5.41, 5.74) is 0. The molecule has 1 aromatic rings. The molecule has 0 aliphatic carbocycles. The fourth-order valence-corrected chi connectivity index (χ4v) is 2.04. The quantitative estimate of drug-likeness (QED) is 0.803. The first-order valence-electron chi connectivity index (χ1n) is 4.39. The Labute approximate surface area is 83.2 Å². The molecule has 70 valence electrons. The molecule has 13 heavy (non-hydrogen) atoms. The van der Waals surface area contributed by atoms with E-state index in [0.29, 0.717) is 12.1 Å². The van der Waals surface area contributed by atoms with E-state index in [1.165, 1.54) is 4.88 Å². The number of hydrogen-bond donors (Lipinski definition) is 1. The lowest BCUT2D eigenvalue weighted by molar-refractivity contribution is 0.512. The molecule has 0 saturated heterocycles. The highest BCUT2D eigenvalue weighted by Gasteiger charge is 2.08. The molecule has 1 aromatic heterocycles. The molecule has 0 aromatic carbocycles. The first-order chi connectivity index (χ1) is 6.13. The number of hydrogen-bond acceptors (Lipinski definition) is 3. The maximum absolute atomic E-state index is 8.65. The lowest BCUT2D eigenvalue weighted by Gasteiger charge is -2.14. The van der Waals surface area contributed by atoms with Gasteiger partial charge in [0.1, 0.15) is 10.9 Å². The predicted octanol–water partition coefficient (Wildman–Crippen LogP) is 2.68. The molecule has 2 nitrogen and oxygen atoms in total. The Morgan fingerprint density at radius 3 is 2.54 bits per heavy atom. The van der Waals surface area contributed by atoms with E-state index in [0.717, 1.165) is 4.88 Å². The fraction of sp³-hybridized carbons (Fsp3) is 0.500. The summed E-state index contributed by atoms with van der Waals surface area (Å²) < 4.78 is 0. The van der Waals surface area contributed by atoms with Gasteiger partial charge in [-0.3, -0.25) is 0 Å². The van der Waals surface area contributed by atoms with Gasteiger partial charge in [0.2, 0.25) is 0 Å². The summed E-state index contributed by atoms with van der Waals surface area (Å²) in [6.45, 7) is 6.36. The minimum atomic E-state index is 0.340. The van der Waals surface area contributed by atoms with Crippen molar-refractivity contribution < 1.29 is 0 Å². The van der Waals surface area contributed by atoms with Crippen LogP contribution >= 0.6 is 11.3 Å². The molecule has 3 heteroatoms. The molecule has 1 unspecified atom stereocenters. The molecular formula is C10H14N2S. The van der Waals surface area contributed by atoms with Gasteiger partial charge < -0.3 is 5.32 Å².